The summed E-state index contributed by atoms with van der Waals surface area (Å²) >= 11 is 0. The van der Waals surface area contributed by atoms with Crippen LogP contribution in [0.1, 0.15) is 46.5 Å². The summed E-state index contributed by atoms with van der Waals surface area (Å²) in [6.07, 6.45) is 0.420. The fraction of sp³-hybridized carbons (Fsp3) is 0.167. The fourth-order valence-electron chi connectivity index (χ4n) is 5.38. The normalized spacial score (nSPS) is 11.3. The number of fused-ring (bicyclic) bond motifs is 1. The van der Waals surface area contributed by atoms with Crippen molar-refractivity contribution < 1.29 is 23.8 Å². The van der Waals surface area contributed by atoms with E-state index < -0.39 is 17.5 Å². The molecule has 5 aromatic rings. The van der Waals surface area contributed by atoms with Gasteiger partial charge in [0.25, 0.3) is 0 Å². The van der Waals surface area contributed by atoms with Gasteiger partial charge >= 0.3 is 11.9 Å². The maximum atomic E-state index is 13.2. The Kier molecular flexibility index (Phi) is 8.56. The lowest BCUT2D eigenvalue weighted by Gasteiger charge is -2.36. The minimum Gasteiger partial charge on any atom is -0.462 e. The second-order valence-electron chi connectivity index (χ2n) is 9.64. The van der Waals surface area contributed by atoms with Crippen LogP contribution in [0.5, 0.6) is 5.75 Å². The average molecular weight is 545 g/mol. The molecule has 0 aromatic heterocycles. The van der Waals surface area contributed by atoms with Crippen LogP contribution in [0.4, 0.5) is 0 Å². The molecular weight excluding hydrogens is 512 g/mol. The van der Waals surface area contributed by atoms with Gasteiger partial charge < -0.3 is 14.2 Å². The Morgan fingerprint density at radius 2 is 1.17 bits per heavy atom. The number of hydrogen-bond acceptors (Lipinski definition) is 5. The van der Waals surface area contributed by atoms with Crippen molar-refractivity contribution in [3.63, 3.8) is 0 Å². The lowest BCUT2D eigenvalue weighted by atomic mass is 9.80. The smallest absolute Gasteiger partial charge is 0.338 e. The maximum Gasteiger partial charge on any atom is 0.338 e. The van der Waals surface area contributed by atoms with Crippen LogP contribution in [-0.4, -0.2) is 25.2 Å². The Bertz CT molecular complexity index is 1530. The van der Waals surface area contributed by atoms with E-state index >= 15 is 0 Å². The SMILES string of the molecule is CCOC(=O)c1cc(OC(C)=O)c2ccccc2c1CCOC(c1ccccc1)(c1ccccc1)c1ccccc1. The van der Waals surface area contributed by atoms with E-state index in [2.05, 4.69) is 36.4 Å². The van der Waals surface area contributed by atoms with Crippen LogP contribution in [0.15, 0.2) is 121 Å². The molecule has 0 aliphatic carbocycles. The second kappa shape index (κ2) is 12.6. The van der Waals surface area contributed by atoms with Gasteiger partial charge in [-0.05, 0) is 47.1 Å². The molecular formula is C36H32O5. The highest BCUT2D eigenvalue weighted by molar-refractivity contribution is 6.02. The van der Waals surface area contributed by atoms with Crippen molar-refractivity contribution in [2.45, 2.75) is 25.9 Å². The van der Waals surface area contributed by atoms with Crippen LogP contribution in [0, 0.1) is 0 Å². The summed E-state index contributed by atoms with van der Waals surface area (Å²) in [7, 11) is 0. The zero-order valence-corrected chi connectivity index (χ0v) is 23.2. The van der Waals surface area contributed by atoms with Gasteiger partial charge in [0.2, 0.25) is 0 Å². The average Bonchev–Trinajstić information content (AvgIpc) is 3.01. The molecule has 5 nitrogen and oxygen atoms in total. The molecule has 5 heteroatoms. The first-order chi connectivity index (χ1) is 20.0. The molecule has 0 heterocycles. The highest BCUT2D eigenvalue weighted by Crippen LogP contribution is 2.41. The van der Waals surface area contributed by atoms with Crippen LogP contribution < -0.4 is 4.74 Å². The van der Waals surface area contributed by atoms with Gasteiger partial charge in [0, 0.05) is 12.3 Å². The molecule has 0 atom stereocenters. The largest absolute Gasteiger partial charge is 0.462 e. The Morgan fingerprint density at radius 1 is 0.683 bits per heavy atom. The van der Waals surface area contributed by atoms with E-state index in [9.17, 15) is 9.59 Å². The standard InChI is InChI=1S/C36H32O5/c1-3-39-35(38)33-25-34(41-26(2)37)32-22-14-13-21-30(32)31(33)23-24-40-36(27-15-7-4-8-16-27,28-17-9-5-10-18-28)29-19-11-6-12-20-29/h4-22,25H,3,23-24H2,1-2H3. The lowest BCUT2D eigenvalue weighted by Crippen LogP contribution is -2.33. The van der Waals surface area contributed by atoms with Crippen molar-refractivity contribution in [2.75, 3.05) is 13.2 Å². The predicted molar refractivity (Wildman–Crippen MR) is 160 cm³/mol. The highest BCUT2D eigenvalue weighted by atomic mass is 16.5. The van der Waals surface area contributed by atoms with Crippen LogP contribution >= 0.6 is 0 Å². The maximum absolute atomic E-state index is 13.2. The highest BCUT2D eigenvalue weighted by Gasteiger charge is 2.37. The van der Waals surface area contributed by atoms with Gasteiger partial charge in [-0.15, -0.1) is 0 Å². The van der Waals surface area contributed by atoms with Crippen LogP contribution in [0.25, 0.3) is 10.8 Å². The van der Waals surface area contributed by atoms with Gasteiger partial charge in [0.05, 0.1) is 18.8 Å². The summed E-state index contributed by atoms with van der Waals surface area (Å²) in [5, 5.41) is 1.55. The minimum atomic E-state index is -0.888. The molecule has 0 radical (unpaired) electrons. The molecule has 5 aromatic carbocycles. The summed E-state index contributed by atoms with van der Waals surface area (Å²) in [5.41, 5.74) is 3.24. The molecule has 0 aliphatic rings. The number of benzene rings is 5. The van der Waals surface area contributed by atoms with E-state index in [-0.39, 0.29) is 6.61 Å². The van der Waals surface area contributed by atoms with Crippen molar-refractivity contribution in [3.05, 3.63) is 149 Å². The molecule has 5 rings (SSSR count). The molecule has 0 N–H and O–H groups in total. The predicted octanol–water partition coefficient (Wildman–Crippen LogP) is 7.49. The molecule has 0 spiro atoms. The van der Waals surface area contributed by atoms with Crippen molar-refractivity contribution in [3.8, 4) is 5.75 Å². The molecule has 206 valence electrons. The van der Waals surface area contributed by atoms with E-state index in [1.54, 1.807) is 13.0 Å². The topological polar surface area (TPSA) is 61.8 Å². The van der Waals surface area contributed by atoms with E-state index in [1.165, 1.54) is 6.92 Å². The minimum absolute atomic E-state index is 0.226. The summed E-state index contributed by atoms with van der Waals surface area (Å²) in [5.74, 6) is -0.602. The Labute approximate surface area is 240 Å². The van der Waals surface area contributed by atoms with Crippen molar-refractivity contribution in [1.29, 1.82) is 0 Å². The third kappa shape index (κ3) is 5.76. The van der Waals surface area contributed by atoms with Crippen molar-refractivity contribution in [2.24, 2.45) is 0 Å². The third-order valence-electron chi connectivity index (χ3n) is 7.08. The molecule has 0 aliphatic heterocycles. The zero-order chi connectivity index (χ0) is 28.7. The second-order valence-corrected chi connectivity index (χ2v) is 9.64. The Morgan fingerprint density at radius 3 is 1.66 bits per heavy atom. The van der Waals surface area contributed by atoms with Crippen molar-refractivity contribution >= 4 is 22.7 Å². The van der Waals surface area contributed by atoms with Gasteiger partial charge in [-0.25, -0.2) is 4.79 Å². The summed E-state index contributed by atoms with van der Waals surface area (Å²) < 4.78 is 17.9. The van der Waals surface area contributed by atoms with Crippen molar-refractivity contribution in [1.82, 2.24) is 0 Å². The number of rotatable bonds is 10. The molecule has 0 saturated heterocycles. The first kappa shape index (κ1) is 27.8. The first-order valence-electron chi connectivity index (χ1n) is 13.7. The van der Waals surface area contributed by atoms with Crippen LogP contribution in [-0.2, 0) is 26.3 Å². The summed E-state index contributed by atoms with van der Waals surface area (Å²) in [6.45, 7) is 3.63. The van der Waals surface area contributed by atoms with Gasteiger partial charge in [-0.1, -0.05) is 115 Å². The molecule has 0 unspecified atom stereocenters. The Hall–Kier alpha value is -4.74. The molecule has 0 amide bonds. The fourth-order valence-corrected chi connectivity index (χ4v) is 5.38. The van der Waals surface area contributed by atoms with Gasteiger partial charge in [0.1, 0.15) is 11.4 Å². The quantitative estimate of drug-likeness (QED) is 0.104. The molecule has 0 fully saturated rings. The van der Waals surface area contributed by atoms with E-state index in [0.29, 0.717) is 24.3 Å². The van der Waals surface area contributed by atoms with Gasteiger partial charge in [0.15, 0.2) is 0 Å². The summed E-state index contributed by atoms with van der Waals surface area (Å²) in [6, 6.07) is 39.7. The zero-order valence-electron chi connectivity index (χ0n) is 23.2. The number of ether oxygens (including phenoxy) is 3. The van der Waals surface area contributed by atoms with Crippen LogP contribution in [0.2, 0.25) is 0 Å². The summed E-state index contributed by atoms with van der Waals surface area (Å²) in [4.78, 5) is 25.0. The Balaban J connectivity index is 1.62. The number of carbonyl (C=O) groups is 2. The number of hydrogen-bond donors (Lipinski definition) is 0. The monoisotopic (exact) mass is 544 g/mol. The number of carbonyl (C=O) groups excluding carboxylic acids is 2. The molecule has 0 bridgehead atoms. The molecule has 0 saturated carbocycles. The van der Waals surface area contributed by atoms with E-state index in [1.807, 2.05) is 78.9 Å². The van der Waals surface area contributed by atoms with Crippen LogP contribution in [0.3, 0.4) is 0 Å². The van der Waals surface area contributed by atoms with Gasteiger partial charge in [-0.3, -0.25) is 4.79 Å². The third-order valence-corrected chi connectivity index (χ3v) is 7.08. The molecule has 41 heavy (non-hydrogen) atoms. The number of esters is 2. The lowest BCUT2D eigenvalue weighted by molar-refractivity contribution is -0.131. The first-order valence-corrected chi connectivity index (χ1v) is 13.7. The van der Waals surface area contributed by atoms with Gasteiger partial charge in [-0.2, -0.15) is 0 Å². The van der Waals surface area contributed by atoms with E-state index in [4.69, 9.17) is 14.2 Å². The van der Waals surface area contributed by atoms with E-state index in [0.717, 1.165) is 33.0 Å².